The van der Waals surface area contributed by atoms with Crippen molar-refractivity contribution >= 4 is 34.5 Å². The summed E-state index contributed by atoms with van der Waals surface area (Å²) >= 11 is 5.57. The quantitative estimate of drug-likeness (QED) is 0.283. The molecule has 0 amide bonds. The van der Waals surface area contributed by atoms with Crippen molar-refractivity contribution in [2.45, 2.75) is 6.92 Å². The van der Waals surface area contributed by atoms with Crippen molar-refractivity contribution in [3.63, 3.8) is 0 Å². The molecule has 9 heteroatoms. The average Bonchev–Trinajstić information content (AvgIpc) is 2.60. The van der Waals surface area contributed by atoms with Crippen LogP contribution in [0.25, 0.3) is 0 Å². The number of non-ortho nitro benzene ring substituents is 1. The van der Waals surface area contributed by atoms with Crippen LogP contribution in [0.2, 0.25) is 0 Å². The van der Waals surface area contributed by atoms with Crippen LogP contribution in [0, 0.1) is 10.1 Å². The summed E-state index contributed by atoms with van der Waals surface area (Å²) in [5, 5.41) is 15.0. The van der Waals surface area contributed by atoms with Crippen molar-refractivity contribution in [3.8, 4) is 5.75 Å². The molecule has 24 heavy (non-hydrogen) atoms. The highest BCUT2D eigenvalue weighted by atomic mass is 35.5. The Labute approximate surface area is 142 Å². The summed E-state index contributed by atoms with van der Waals surface area (Å²) in [7, 11) is 0. The fraction of sp³-hybridized carbons (Fsp3) is 0.133. The van der Waals surface area contributed by atoms with E-state index in [9.17, 15) is 10.1 Å². The standard InChI is InChI=1S/C15H14ClN5O3/c1-10(11-3-2-4-18-9-11)20-24-14-6-12(19-15(17)8-16)5-13(7-14)21(22)23/h2-7,9H,8H2,1H3,(H2,17,19). The van der Waals surface area contributed by atoms with E-state index in [4.69, 9.17) is 22.2 Å². The van der Waals surface area contributed by atoms with E-state index >= 15 is 0 Å². The summed E-state index contributed by atoms with van der Waals surface area (Å²) in [6, 6.07) is 7.58. The molecular formula is C15H14ClN5O3. The number of nitrogens with zero attached hydrogens (tertiary/aromatic N) is 4. The first-order valence-electron chi connectivity index (χ1n) is 6.80. The Hall–Kier alpha value is -3.00. The number of alkyl halides is 1. The van der Waals surface area contributed by atoms with Gasteiger partial charge in [0.05, 0.1) is 28.3 Å². The summed E-state index contributed by atoms with van der Waals surface area (Å²) < 4.78 is 0. The highest BCUT2D eigenvalue weighted by Gasteiger charge is 2.11. The Bertz CT molecular complexity index is 793. The van der Waals surface area contributed by atoms with Crippen LogP contribution >= 0.6 is 11.6 Å². The Morgan fingerprint density at radius 2 is 2.25 bits per heavy atom. The topological polar surface area (TPSA) is 116 Å². The van der Waals surface area contributed by atoms with Crippen LogP contribution in [0.4, 0.5) is 11.4 Å². The molecule has 0 fully saturated rings. The molecule has 0 aliphatic rings. The van der Waals surface area contributed by atoms with Crippen molar-refractivity contribution in [2.24, 2.45) is 15.9 Å². The molecule has 1 aromatic carbocycles. The van der Waals surface area contributed by atoms with E-state index in [0.29, 0.717) is 5.71 Å². The van der Waals surface area contributed by atoms with Gasteiger partial charge in [-0.3, -0.25) is 15.1 Å². The van der Waals surface area contributed by atoms with E-state index in [1.165, 1.54) is 18.2 Å². The summed E-state index contributed by atoms with van der Waals surface area (Å²) in [5.74, 6) is 0.309. The average molecular weight is 348 g/mol. The Balaban J connectivity index is 2.30. The van der Waals surface area contributed by atoms with Crippen molar-refractivity contribution in [2.75, 3.05) is 5.88 Å². The van der Waals surface area contributed by atoms with Gasteiger partial charge in [-0.15, -0.1) is 11.6 Å². The molecule has 0 unspecified atom stereocenters. The molecule has 0 radical (unpaired) electrons. The second kappa shape index (κ2) is 8.02. The fourth-order valence-electron chi connectivity index (χ4n) is 1.74. The Morgan fingerprint density at radius 3 is 2.88 bits per heavy atom. The first-order chi connectivity index (χ1) is 11.5. The van der Waals surface area contributed by atoms with Crippen LogP contribution in [0.1, 0.15) is 12.5 Å². The van der Waals surface area contributed by atoms with E-state index in [2.05, 4.69) is 15.1 Å². The second-order valence-electron chi connectivity index (χ2n) is 4.69. The zero-order valence-corrected chi connectivity index (χ0v) is 13.5. The van der Waals surface area contributed by atoms with Gasteiger partial charge >= 0.3 is 0 Å². The van der Waals surface area contributed by atoms with E-state index in [1.54, 1.807) is 25.4 Å². The third kappa shape index (κ3) is 4.75. The van der Waals surface area contributed by atoms with Crippen molar-refractivity contribution in [1.29, 1.82) is 0 Å². The lowest BCUT2D eigenvalue weighted by atomic mass is 10.2. The molecule has 1 aromatic heterocycles. The first kappa shape index (κ1) is 17.4. The highest BCUT2D eigenvalue weighted by Crippen LogP contribution is 2.28. The van der Waals surface area contributed by atoms with Crippen LogP contribution in [0.15, 0.2) is 52.9 Å². The van der Waals surface area contributed by atoms with Crippen molar-refractivity contribution < 1.29 is 9.76 Å². The van der Waals surface area contributed by atoms with Crippen molar-refractivity contribution in [1.82, 2.24) is 4.98 Å². The molecule has 8 nitrogen and oxygen atoms in total. The number of nitrogens with two attached hydrogens (primary N) is 1. The van der Waals surface area contributed by atoms with Gasteiger partial charge in [0.25, 0.3) is 5.69 Å². The van der Waals surface area contributed by atoms with Crippen LogP contribution in [0.5, 0.6) is 5.75 Å². The molecule has 0 atom stereocenters. The van der Waals surface area contributed by atoms with E-state index in [0.717, 1.165) is 5.56 Å². The maximum Gasteiger partial charge on any atom is 0.275 e. The number of hydrogen-bond donors (Lipinski definition) is 1. The minimum absolute atomic E-state index is 0.0111. The molecular weight excluding hydrogens is 334 g/mol. The molecule has 0 aliphatic carbocycles. The van der Waals surface area contributed by atoms with Gasteiger partial charge in [-0.1, -0.05) is 5.16 Å². The van der Waals surface area contributed by atoms with Gasteiger partial charge in [-0.05, 0) is 19.1 Å². The summed E-state index contributed by atoms with van der Waals surface area (Å²) in [5.41, 5.74) is 6.96. The molecule has 1 heterocycles. The Morgan fingerprint density at radius 1 is 1.46 bits per heavy atom. The number of halogens is 1. The molecule has 2 aromatic rings. The molecule has 2 N–H and O–H groups in total. The number of oxime groups is 1. The number of aliphatic imine (C=N–C) groups is 1. The molecule has 2 rings (SSSR count). The normalized spacial score (nSPS) is 12.1. The van der Waals surface area contributed by atoms with Gasteiger partial charge in [-0.2, -0.15) is 0 Å². The van der Waals surface area contributed by atoms with E-state index in [1.807, 2.05) is 6.07 Å². The number of amidine groups is 1. The Kier molecular flexibility index (Phi) is 5.80. The smallest absolute Gasteiger partial charge is 0.275 e. The second-order valence-corrected chi connectivity index (χ2v) is 4.96. The molecule has 0 saturated heterocycles. The van der Waals surface area contributed by atoms with Gasteiger partial charge in [-0.25, -0.2) is 4.99 Å². The molecule has 0 aliphatic heterocycles. The fourth-order valence-corrected chi connectivity index (χ4v) is 1.80. The zero-order chi connectivity index (χ0) is 17.5. The monoisotopic (exact) mass is 347 g/mol. The van der Waals surface area contributed by atoms with Gasteiger partial charge in [0, 0.05) is 30.1 Å². The predicted molar refractivity (Wildman–Crippen MR) is 92.2 cm³/mol. The number of nitro groups is 1. The van der Waals surface area contributed by atoms with Gasteiger partial charge < -0.3 is 10.6 Å². The largest absolute Gasteiger partial charge is 0.386 e. The van der Waals surface area contributed by atoms with Gasteiger partial charge in [0.15, 0.2) is 5.75 Å². The van der Waals surface area contributed by atoms with E-state index < -0.39 is 4.92 Å². The number of hydrogen-bond acceptors (Lipinski definition) is 6. The number of benzene rings is 1. The highest BCUT2D eigenvalue weighted by molar-refractivity contribution is 6.28. The maximum atomic E-state index is 11.0. The van der Waals surface area contributed by atoms with Gasteiger partial charge in [0.2, 0.25) is 0 Å². The summed E-state index contributed by atoms with van der Waals surface area (Å²) in [6.45, 7) is 1.74. The zero-order valence-electron chi connectivity index (χ0n) is 12.7. The van der Waals surface area contributed by atoms with Crippen LogP contribution in [0.3, 0.4) is 0 Å². The first-order valence-corrected chi connectivity index (χ1v) is 7.33. The summed E-state index contributed by atoms with van der Waals surface area (Å²) in [6.07, 6.45) is 3.27. The molecule has 124 valence electrons. The molecule has 0 spiro atoms. The van der Waals surface area contributed by atoms with Gasteiger partial charge in [0.1, 0.15) is 5.84 Å². The molecule has 0 bridgehead atoms. The number of rotatable bonds is 6. The third-order valence-electron chi connectivity index (χ3n) is 2.86. The van der Waals surface area contributed by atoms with Crippen LogP contribution in [-0.2, 0) is 0 Å². The number of aromatic nitrogens is 1. The lowest BCUT2D eigenvalue weighted by Gasteiger charge is -2.04. The number of nitro benzene ring substituents is 1. The van der Waals surface area contributed by atoms with Crippen LogP contribution < -0.4 is 10.6 Å². The summed E-state index contributed by atoms with van der Waals surface area (Å²) in [4.78, 5) is 23.7. The minimum atomic E-state index is -0.555. The predicted octanol–water partition coefficient (Wildman–Crippen LogP) is 3.02. The SMILES string of the molecule is CC(=NOc1cc(N=C(N)CCl)cc([N+](=O)[O-])c1)c1cccnc1. The minimum Gasteiger partial charge on any atom is -0.386 e. The number of pyridine rings is 1. The van der Waals surface area contributed by atoms with Crippen molar-refractivity contribution in [3.05, 3.63) is 58.4 Å². The maximum absolute atomic E-state index is 11.0. The van der Waals surface area contributed by atoms with Crippen LogP contribution in [-0.4, -0.2) is 27.3 Å². The lowest BCUT2D eigenvalue weighted by molar-refractivity contribution is -0.384. The lowest BCUT2D eigenvalue weighted by Crippen LogP contribution is -2.12. The van der Waals surface area contributed by atoms with E-state index in [-0.39, 0.29) is 28.8 Å². The third-order valence-corrected chi connectivity index (χ3v) is 3.14. The molecule has 0 saturated carbocycles.